The number of carbonyl (C=O) groups excluding carboxylic acids is 2. The van der Waals surface area contributed by atoms with Crippen molar-refractivity contribution in [2.75, 3.05) is 19.0 Å². The van der Waals surface area contributed by atoms with Gasteiger partial charge in [-0.15, -0.1) is 0 Å². The lowest BCUT2D eigenvalue weighted by atomic mass is 10.1. The first kappa shape index (κ1) is 19.3. The van der Waals surface area contributed by atoms with E-state index in [1.807, 2.05) is 24.3 Å². The molecule has 3 N–H and O–H groups in total. The molecule has 0 saturated heterocycles. The smallest absolute Gasteiger partial charge is 0.313 e. The number of para-hydroxylation sites is 1. The second kappa shape index (κ2) is 8.16. The second-order valence-electron chi connectivity index (χ2n) is 6.77. The number of ether oxygens (including phenoxy) is 1. The van der Waals surface area contributed by atoms with Crippen LogP contribution in [0.1, 0.15) is 5.56 Å². The maximum Gasteiger partial charge on any atom is 0.313 e. The third-order valence-electron chi connectivity index (χ3n) is 4.79. The molecule has 0 aliphatic carbocycles. The van der Waals surface area contributed by atoms with Gasteiger partial charge in [0.05, 0.1) is 12.8 Å². The zero-order valence-corrected chi connectivity index (χ0v) is 16.3. The maximum absolute atomic E-state index is 12.3. The number of hydrogen-bond donors (Lipinski definition) is 3. The van der Waals surface area contributed by atoms with Crippen molar-refractivity contribution in [3.05, 3.63) is 66.2 Å². The van der Waals surface area contributed by atoms with E-state index in [0.717, 1.165) is 21.9 Å². The van der Waals surface area contributed by atoms with Crippen LogP contribution in [0.15, 0.2) is 65.1 Å². The number of nitrogens with one attached hydrogen (secondary N) is 2. The first-order valence-electron chi connectivity index (χ1n) is 9.41. The van der Waals surface area contributed by atoms with Crippen LogP contribution in [0.25, 0.3) is 21.9 Å². The maximum atomic E-state index is 12.3. The Morgan fingerprint density at radius 3 is 2.50 bits per heavy atom. The first-order valence-corrected chi connectivity index (χ1v) is 9.41. The van der Waals surface area contributed by atoms with Crippen molar-refractivity contribution >= 4 is 39.4 Å². The summed E-state index contributed by atoms with van der Waals surface area (Å²) in [6, 6.07) is 17.7. The van der Waals surface area contributed by atoms with Crippen LogP contribution in [0.4, 0.5) is 5.69 Å². The Hall–Kier alpha value is -4.00. The Balaban J connectivity index is 1.45. The largest absolute Gasteiger partial charge is 0.508 e. The predicted molar refractivity (Wildman–Crippen MR) is 114 cm³/mol. The average molecular weight is 404 g/mol. The zero-order valence-electron chi connectivity index (χ0n) is 16.3. The fourth-order valence-corrected chi connectivity index (χ4v) is 3.26. The van der Waals surface area contributed by atoms with Crippen LogP contribution in [0.5, 0.6) is 11.5 Å². The second-order valence-corrected chi connectivity index (χ2v) is 6.77. The molecule has 1 heterocycles. The molecule has 7 heteroatoms. The van der Waals surface area contributed by atoms with Gasteiger partial charge in [0.1, 0.15) is 22.7 Å². The molecule has 0 radical (unpaired) electrons. The summed E-state index contributed by atoms with van der Waals surface area (Å²) in [6.45, 7) is 0.288. The van der Waals surface area contributed by atoms with E-state index in [2.05, 4.69) is 10.6 Å². The Morgan fingerprint density at radius 2 is 1.73 bits per heavy atom. The highest BCUT2D eigenvalue weighted by Crippen LogP contribution is 2.36. The van der Waals surface area contributed by atoms with E-state index in [1.165, 1.54) is 7.11 Å². The van der Waals surface area contributed by atoms with Crippen molar-refractivity contribution in [3.8, 4) is 11.5 Å². The molecule has 1 aromatic heterocycles. The number of carbonyl (C=O) groups is 2. The number of anilines is 1. The minimum atomic E-state index is -0.797. The molecule has 7 nitrogen and oxygen atoms in total. The standard InChI is InChI=1S/C23H20N2O5/c1-29-21-12-17-16-4-2-3-5-19(16)30-20(17)13-18(21)25-23(28)22(27)24-11-10-14-6-8-15(26)9-7-14/h2-9,12-13,26H,10-11H2,1H3,(H,24,27)(H,25,28). The molecule has 0 saturated carbocycles. The van der Waals surface area contributed by atoms with Gasteiger partial charge in [-0.25, -0.2) is 0 Å². The Bertz CT molecular complexity index is 1230. The van der Waals surface area contributed by atoms with Crippen LogP contribution in [0, 0.1) is 0 Å². The van der Waals surface area contributed by atoms with Crippen molar-refractivity contribution in [1.29, 1.82) is 0 Å². The van der Waals surface area contributed by atoms with Gasteiger partial charge < -0.3 is 24.9 Å². The quantitative estimate of drug-likeness (QED) is 0.441. The molecular formula is C23H20N2O5. The molecular weight excluding hydrogens is 384 g/mol. The number of benzene rings is 3. The highest BCUT2D eigenvalue weighted by Gasteiger charge is 2.18. The summed E-state index contributed by atoms with van der Waals surface area (Å²) in [5.74, 6) is -0.938. The van der Waals surface area contributed by atoms with Gasteiger partial charge in [0, 0.05) is 23.4 Å². The normalized spacial score (nSPS) is 10.8. The Morgan fingerprint density at radius 1 is 0.967 bits per heavy atom. The molecule has 4 aromatic rings. The van der Waals surface area contributed by atoms with Crippen molar-refractivity contribution in [3.63, 3.8) is 0 Å². The van der Waals surface area contributed by atoms with Crippen LogP contribution in [-0.4, -0.2) is 30.6 Å². The number of aromatic hydroxyl groups is 1. The van der Waals surface area contributed by atoms with Crippen LogP contribution >= 0.6 is 0 Å². The van der Waals surface area contributed by atoms with Crippen molar-refractivity contribution in [2.24, 2.45) is 0 Å². The number of amides is 2. The number of furan rings is 1. The summed E-state index contributed by atoms with van der Waals surface area (Å²) in [6.07, 6.45) is 0.535. The number of phenols is 1. The number of phenolic OH excluding ortho intramolecular Hbond substituents is 1. The third-order valence-corrected chi connectivity index (χ3v) is 4.79. The highest BCUT2D eigenvalue weighted by atomic mass is 16.5. The third kappa shape index (κ3) is 3.91. The van der Waals surface area contributed by atoms with E-state index in [9.17, 15) is 14.7 Å². The number of methoxy groups -OCH3 is 1. The van der Waals surface area contributed by atoms with E-state index < -0.39 is 11.8 Å². The molecule has 0 spiro atoms. The number of hydrogen-bond acceptors (Lipinski definition) is 5. The van der Waals surface area contributed by atoms with E-state index in [0.29, 0.717) is 23.4 Å². The summed E-state index contributed by atoms with van der Waals surface area (Å²) in [7, 11) is 1.50. The van der Waals surface area contributed by atoms with Gasteiger partial charge in [-0.2, -0.15) is 0 Å². The predicted octanol–water partition coefficient (Wildman–Crippen LogP) is 3.60. The summed E-state index contributed by atoms with van der Waals surface area (Å²) < 4.78 is 11.2. The van der Waals surface area contributed by atoms with Gasteiger partial charge >= 0.3 is 11.8 Å². The van der Waals surface area contributed by atoms with Gasteiger partial charge in [0.25, 0.3) is 0 Å². The summed E-state index contributed by atoms with van der Waals surface area (Å²) >= 11 is 0. The topological polar surface area (TPSA) is 101 Å². The molecule has 152 valence electrons. The van der Waals surface area contributed by atoms with E-state index >= 15 is 0 Å². The average Bonchev–Trinajstić information content (AvgIpc) is 3.11. The lowest BCUT2D eigenvalue weighted by Crippen LogP contribution is -2.36. The molecule has 4 rings (SSSR count). The lowest BCUT2D eigenvalue weighted by molar-refractivity contribution is -0.136. The van der Waals surface area contributed by atoms with Crippen LogP contribution in [0.2, 0.25) is 0 Å². The van der Waals surface area contributed by atoms with E-state index in [1.54, 1.807) is 36.4 Å². The summed E-state index contributed by atoms with van der Waals surface area (Å²) in [5, 5.41) is 16.3. The summed E-state index contributed by atoms with van der Waals surface area (Å²) in [4.78, 5) is 24.5. The van der Waals surface area contributed by atoms with E-state index in [4.69, 9.17) is 9.15 Å². The monoisotopic (exact) mass is 404 g/mol. The van der Waals surface area contributed by atoms with Crippen molar-refractivity contribution < 1.29 is 23.8 Å². The fraction of sp³-hybridized carbons (Fsp3) is 0.130. The molecule has 0 aliphatic rings. The molecule has 0 fully saturated rings. The fourth-order valence-electron chi connectivity index (χ4n) is 3.26. The molecule has 3 aromatic carbocycles. The van der Waals surface area contributed by atoms with Crippen LogP contribution in [-0.2, 0) is 16.0 Å². The van der Waals surface area contributed by atoms with E-state index in [-0.39, 0.29) is 12.3 Å². The highest BCUT2D eigenvalue weighted by molar-refractivity contribution is 6.39. The zero-order chi connectivity index (χ0) is 21.1. The molecule has 0 atom stereocenters. The minimum Gasteiger partial charge on any atom is -0.508 e. The van der Waals surface area contributed by atoms with Crippen LogP contribution in [0.3, 0.4) is 0 Å². The van der Waals surface area contributed by atoms with Gasteiger partial charge in [-0.05, 0) is 36.2 Å². The van der Waals surface area contributed by atoms with Crippen molar-refractivity contribution in [1.82, 2.24) is 5.32 Å². The molecule has 2 amide bonds. The van der Waals surface area contributed by atoms with Gasteiger partial charge in [0.15, 0.2) is 0 Å². The summed E-state index contributed by atoms with van der Waals surface area (Å²) in [5.41, 5.74) is 2.60. The van der Waals surface area contributed by atoms with Crippen LogP contribution < -0.4 is 15.4 Å². The van der Waals surface area contributed by atoms with Gasteiger partial charge in [0.2, 0.25) is 0 Å². The first-order chi connectivity index (χ1) is 14.5. The number of rotatable bonds is 5. The minimum absolute atomic E-state index is 0.178. The lowest BCUT2D eigenvalue weighted by Gasteiger charge is -2.10. The Labute approximate surface area is 172 Å². The molecule has 0 bridgehead atoms. The number of fused-ring (bicyclic) bond motifs is 3. The SMILES string of the molecule is COc1cc2c(cc1NC(=O)C(=O)NCCc1ccc(O)cc1)oc1ccccc12. The Kier molecular flexibility index (Phi) is 5.26. The van der Waals surface area contributed by atoms with Gasteiger partial charge in [-0.1, -0.05) is 30.3 Å². The van der Waals surface area contributed by atoms with Gasteiger partial charge in [-0.3, -0.25) is 9.59 Å². The molecule has 0 unspecified atom stereocenters. The van der Waals surface area contributed by atoms with Crippen molar-refractivity contribution in [2.45, 2.75) is 6.42 Å². The molecule has 30 heavy (non-hydrogen) atoms. The molecule has 0 aliphatic heterocycles.